The van der Waals surface area contributed by atoms with Gasteiger partial charge in [-0.1, -0.05) is 13.8 Å². The van der Waals surface area contributed by atoms with Gasteiger partial charge < -0.3 is 15.6 Å². The lowest BCUT2D eigenvalue weighted by atomic mass is 10.0. The summed E-state index contributed by atoms with van der Waals surface area (Å²) in [5.74, 6) is 1.16. The normalized spacial score (nSPS) is 12.8. The molecular weight excluding hydrogens is 204 g/mol. The minimum atomic E-state index is -0.417. The molecule has 0 bridgehead atoms. The highest BCUT2D eigenvalue weighted by Gasteiger charge is 2.19. The zero-order chi connectivity index (χ0) is 12.1. The molecule has 1 unspecified atom stereocenters. The summed E-state index contributed by atoms with van der Waals surface area (Å²) in [5.41, 5.74) is 5.83. The van der Waals surface area contributed by atoms with E-state index in [1.54, 1.807) is 24.3 Å². The number of amides is 1. The maximum Gasteiger partial charge on any atom is 0.239 e. The van der Waals surface area contributed by atoms with Crippen LogP contribution >= 0.6 is 0 Å². The van der Waals surface area contributed by atoms with Gasteiger partial charge in [-0.25, -0.2) is 4.98 Å². The van der Waals surface area contributed by atoms with Crippen molar-refractivity contribution in [3.05, 3.63) is 18.2 Å². The zero-order valence-corrected chi connectivity index (χ0v) is 10.1. The molecule has 0 aliphatic heterocycles. The minimum Gasteiger partial charge on any atom is -0.347 e. The number of nitrogens with two attached hydrogens (primary N) is 1. The number of aromatic nitrogens is 2. The lowest BCUT2D eigenvalue weighted by Crippen LogP contribution is -2.42. The number of rotatable bonds is 5. The minimum absolute atomic E-state index is 0.0369. The Bertz CT molecular complexity index is 321. The van der Waals surface area contributed by atoms with Gasteiger partial charge in [0.25, 0.3) is 0 Å². The molecule has 5 nitrogen and oxygen atoms in total. The highest BCUT2D eigenvalue weighted by Crippen LogP contribution is 2.06. The van der Waals surface area contributed by atoms with Crippen LogP contribution in [0.3, 0.4) is 0 Å². The summed E-state index contributed by atoms with van der Waals surface area (Å²) in [5, 5.41) is 0. The number of carbonyl (C=O) groups is 1. The van der Waals surface area contributed by atoms with Crippen molar-refractivity contribution in [3.8, 4) is 0 Å². The predicted molar refractivity (Wildman–Crippen MR) is 62.5 cm³/mol. The van der Waals surface area contributed by atoms with E-state index >= 15 is 0 Å². The molecule has 0 spiro atoms. The summed E-state index contributed by atoms with van der Waals surface area (Å²) in [6.07, 6.45) is 4.12. The standard InChI is InChI=1S/C11H20N4O/c1-8(2)6-9(12)11(16)15(3)7-10-13-4-5-14-10/h4-5,8-9H,6-7,12H2,1-3H3,(H,13,14). The van der Waals surface area contributed by atoms with Crippen molar-refractivity contribution in [2.24, 2.45) is 11.7 Å². The van der Waals surface area contributed by atoms with Crippen molar-refractivity contribution >= 4 is 5.91 Å². The molecule has 5 heteroatoms. The number of hydrogen-bond acceptors (Lipinski definition) is 3. The molecule has 16 heavy (non-hydrogen) atoms. The molecule has 0 saturated heterocycles. The van der Waals surface area contributed by atoms with Gasteiger partial charge in [-0.3, -0.25) is 4.79 Å². The number of aromatic amines is 1. The Morgan fingerprint density at radius 1 is 1.62 bits per heavy atom. The Hall–Kier alpha value is -1.36. The fourth-order valence-electron chi connectivity index (χ4n) is 1.58. The maximum atomic E-state index is 11.9. The molecule has 0 aromatic carbocycles. The Labute approximate surface area is 96.0 Å². The van der Waals surface area contributed by atoms with Gasteiger partial charge in [0, 0.05) is 19.4 Å². The van der Waals surface area contributed by atoms with Gasteiger partial charge in [-0.05, 0) is 12.3 Å². The van der Waals surface area contributed by atoms with Crippen molar-refractivity contribution < 1.29 is 4.79 Å². The summed E-state index contributed by atoms with van der Waals surface area (Å²) in [4.78, 5) is 20.5. The van der Waals surface area contributed by atoms with E-state index < -0.39 is 6.04 Å². The van der Waals surface area contributed by atoms with Crippen LogP contribution in [-0.2, 0) is 11.3 Å². The number of carbonyl (C=O) groups excluding carboxylic acids is 1. The average molecular weight is 224 g/mol. The van der Waals surface area contributed by atoms with E-state index in [0.29, 0.717) is 18.9 Å². The lowest BCUT2D eigenvalue weighted by Gasteiger charge is -2.21. The van der Waals surface area contributed by atoms with Gasteiger partial charge >= 0.3 is 0 Å². The maximum absolute atomic E-state index is 11.9. The topological polar surface area (TPSA) is 75.0 Å². The summed E-state index contributed by atoms with van der Waals surface area (Å²) >= 11 is 0. The fourth-order valence-corrected chi connectivity index (χ4v) is 1.58. The Morgan fingerprint density at radius 3 is 2.81 bits per heavy atom. The summed E-state index contributed by atoms with van der Waals surface area (Å²) in [7, 11) is 1.74. The molecule has 0 radical (unpaired) electrons. The Morgan fingerprint density at radius 2 is 2.31 bits per heavy atom. The highest BCUT2D eigenvalue weighted by atomic mass is 16.2. The smallest absolute Gasteiger partial charge is 0.239 e. The molecule has 0 saturated carbocycles. The van der Waals surface area contributed by atoms with E-state index in [0.717, 1.165) is 5.82 Å². The summed E-state index contributed by atoms with van der Waals surface area (Å²) < 4.78 is 0. The van der Waals surface area contributed by atoms with E-state index in [4.69, 9.17) is 5.73 Å². The molecule has 1 aromatic rings. The number of imidazole rings is 1. The number of H-pyrrole nitrogens is 1. The SMILES string of the molecule is CC(C)CC(N)C(=O)N(C)Cc1ncc[nH]1. The van der Waals surface area contributed by atoms with Crippen molar-refractivity contribution in [2.75, 3.05) is 7.05 Å². The van der Waals surface area contributed by atoms with Crippen LogP contribution in [0.1, 0.15) is 26.1 Å². The van der Waals surface area contributed by atoms with Gasteiger partial charge in [0.15, 0.2) is 0 Å². The molecule has 0 fully saturated rings. The molecule has 0 aliphatic rings. The first kappa shape index (κ1) is 12.7. The van der Waals surface area contributed by atoms with E-state index in [9.17, 15) is 4.79 Å². The third-order valence-electron chi connectivity index (χ3n) is 2.36. The van der Waals surface area contributed by atoms with Gasteiger partial charge in [-0.15, -0.1) is 0 Å². The largest absolute Gasteiger partial charge is 0.347 e. The first-order chi connectivity index (χ1) is 7.50. The summed E-state index contributed by atoms with van der Waals surface area (Å²) in [6.45, 7) is 4.58. The van der Waals surface area contributed by atoms with Gasteiger partial charge in [-0.2, -0.15) is 0 Å². The molecule has 90 valence electrons. The van der Waals surface area contributed by atoms with Crippen LogP contribution in [0.5, 0.6) is 0 Å². The first-order valence-corrected chi connectivity index (χ1v) is 5.49. The van der Waals surface area contributed by atoms with Crippen molar-refractivity contribution in [2.45, 2.75) is 32.9 Å². The Kier molecular flexibility index (Phi) is 4.49. The molecule has 1 heterocycles. The van der Waals surface area contributed by atoms with Crippen LogP contribution in [0, 0.1) is 5.92 Å². The van der Waals surface area contributed by atoms with E-state index in [-0.39, 0.29) is 5.91 Å². The molecular formula is C11H20N4O. The first-order valence-electron chi connectivity index (χ1n) is 5.49. The van der Waals surface area contributed by atoms with Crippen molar-refractivity contribution in [1.82, 2.24) is 14.9 Å². The third-order valence-corrected chi connectivity index (χ3v) is 2.36. The number of hydrogen-bond donors (Lipinski definition) is 2. The molecule has 3 N–H and O–H groups in total. The number of nitrogens with zero attached hydrogens (tertiary/aromatic N) is 2. The quantitative estimate of drug-likeness (QED) is 0.774. The second-order valence-corrected chi connectivity index (χ2v) is 4.47. The lowest BCUT2D eigenvalue weighted by molar-refractivity contribution is -0.132. The van der Waals surface area contributed by atoms with Crippen LogP contribution < -0.4 is 5.73 Å². The van der Waals surface area contributed by atoms with Gasteiger partial charge in [0.2, 0.25) is 5.91 Å². The fraction of sp³-hybridized carbons (Fsp3) is 0.636. The number of nitrogens with one attached hydrogen (secondary N) is 1. The summed E-state index contributed by atoms with van der Waals surface area (Å²) in [6, 6.07) is -0.417. The van der Waals surface area contributed by atoms with E-state index in [1.807, 2.05) is 0 Å². The van der Waals surface area contributed by atoms with Gasteiger partial charge in [0.05, 0.1) is 12.6 Å². The Balaban J connectivity index is 2.47. The van der Waals surface area contributed by atoms with Crippen LogP contribution in [0.2, 0.25) is 0 Å². The van der Waals surface area contributed by atoms with Crippen LogP contribution in [0.25, 0.3) is 0 Å². The zero-order valence-electron chi connectivity index (χ0n) is 10.1. The molecule has 1 amide bonds. The van der Waals surface area contributed by atoms with Crippen molar-refractivity contribution in [1.29, 1.82) is 0 Å². The van der Waals surface area contributed by atoms with Crippen LogP contribution in [0.15, 0.2) is 12.4 Å². The van der Waals surface area contributed by atoms with Crippen LogP contribution in [-0.4, -0.2) is 33.9 Å². The highest BCUT2D eigenvalue weighted by molar-refractivity contribution is 5.81. The monoisotopic (exact) mass is 224 g/mol. The molecule has 1 atom stereocenters. The van der Waals surface area contributed by atoms with Gasteiger partial charge in [0.1, 0.15) is 5.82 Å². The molecule has 1 rings (SSSR count). The second-order valence-electron chi connectivity index (χ2n) is 4.47. The van der Waals surface area contributed by atoms with Crippen LogP contribution in [0.4, 0.5) is 0 Å². The third kappa shape index (κ3) is 3.66. The number of likely N-dealkylation sites (N-methyl/N-ethyl adjacent to an activating group) is 1. The van der Waals surface area contributed by atoms with E-state index in [1.165, 1.54) is 0 Å². The second kappa shape index (κ2) is 5.65. The van der Waals surface area contributed by atoms with E-state index in [2.05, 4.69) is 23.8 Å². The molecule has 0 aliphatic carbocycles. The average Bonchev–Trinajstić information content (AvgIpc) is 2.68. The molecule has 1 aromatic heterocycles. The predicted octanol–water partition coefficient (Wildman–Crippen LogP) is 0.741. The van der Waals surface area contributed by atoms with Crippen molar-refractivity contribution in [3.63, 3.8) is 0 Å².